The molecule has 0 unspecified atom stereocenters. The van der Waals surface area contributed by atoms with Crippen LogP contribution in [0.2, 0.25) is 0 Å². The number of hydrogen-bond acceptors (Lipinski definition) is 7. The second kappa shape index (κ2) is 13.9. The van der Waals surface area contributed by atoms with E-state index in [1.807, 2.05) is 54.8 Å². The summed E-state index contributed by atoms with van der Waals surface area (Å²) in [4.78, 5) is 45.8. The normalized spacial score (nSPS) is 11.7. The van der Waals surface area contributed by atoms with Crippen molar-refractivity contribution in [3.8, 4) is 22.8 Å². The second-order valence-electron chi connectivity index (χ2n) is 9.99. The number of ketones is 1. The first-order chi connectivity index (χ1) is 19.8. The van der Waals surface area contributed by atoms with Gasteiger partial charge in [0.1, 0.15) is 23.3 Å². The van der Waals surface area contributed by atoms with Gasteiger partial charge in [-0.25, -0.2) is 4.98 Å². The average Bonchev–Trinajstić information content (AvgIpc) is 3.55. The van der Waals surface area contributed by atoms with Gasteiger partial charge in [-0.15, -0.1) is 11.3 Å². The zero-order chi connectivity index (χ0) is 29.4. The maximum atomic E-state index is 13.4. The summed E-state index contributed by atoms with van der Waals surface area (Å²) in [6.45, 7) is 3.50. The number of methoxy groups -OCH3 is 2. The van der Waals surface area contributed by atoms with Crippen molar-refractivity contribution in [2.24, 2.45) is 0 Å². The summed E-state index contributed by atoms with van der Waals surface area (Å²) in [5, 5.41) is 9.08. The molecule has 9 nitrogen and oxygen atoms in total. The average molecular weight is 577 g/mol. The molecule has 1 atom stereocenters. The van der Waals surface area contributed by atoms with E-state index in [0.717, 1.165) is 52.0 Å². The van der Waals surface area contributed by atoms with E-state index in [1.165, 1.54) is 11.3 Å². The molecule has 2 heterocycles. The lowest BCUT2D eigenvalue weighted by Gasteiger charge is -2.18. The van der Waals surface area contributed by atoms with Crippen molar-refractivity contribution in [1.29, 1.82) is 0 Å². The molecule has 0 radical (unpaired) electrons. The Hall–Kier alpha value is -4.18. The predicted octanol–water partition coefficient (Wildman–Crippen LogP) is 5.82. The number of carbonyl (C=O) groups is 3. The fourth-order valence-corrected chi connectivity index (χ4v) is 5.43. The number of unbranched alkanes of at least 4 members (excludes halogenated alkanes) is 2. The summed E-state index contributed by atoms with van der Waals surface area (Å²) in [7, 11) is 3.22. The Morgan fingerprint density at radius 1 is 1.00 bits per heavy atom. The second-order valence-corrected chi connectivity index (χ2v) is 10.9. The van der Waals surface area contributed by atoms with Gasteiger partial charge in [-0.1, -0.05) is 12.8 Å². The molecule has 0 saturated heterocycles. The zero-order valence-corrected chi connectivity index (χ0v) is 24.7. The van der Waals surface area contributed by atoms with Crippen molar-refractivity contribution < 1.29 is 23.9 Å². The number of hydrogen-bond donors (Lipinski definition) is 3. The number of thiazole rings is 1. The third-order valence-electron chi connectivity index (χ3n) is 6.96. The Kier molecular flexibility index (Phi) is 10.1. The maximum absolute atomic E-state index is 13.4. The minimum Gasteiger partial charge on any atom is -0.497 e. The number of H-pyrrole nitrogens is 1. The number of aromatic amines is 1. The molecule has 10 heteroatoms. The fraction of sp³-hybridized carbons (Fsp3) is 0.355. The van der Waals surface area contributed by atoms with E-state index in [2.05, 4.69) is 20.6 Å². The molecule has 0 spiro atoms. The number of anilines is 1. The standard InChI is InChI=1S/C31H36N4O5S/c1-19(36)8-6-5-7-9-27(30(38)35-31-34-28(18-41-31)21-10-12-22(39-3)13-11-21)33-29(37)17-24-20(2)32-26-15-14-23(40-4)16-25(24)26/h10-16,18,27,32H,5-9,17H2,1-4H3,(H,33,37)(H,34,35,38)/t27-/m0/s1. The molecule has 216 valence electrons. The number of aromatic nitrogens is 2. The van der Waals surface area contributed by atoms with E-state index in [-0.39, 0.29) is 24.0 Å². The van der Waals surface area contributed by atoms with Gasteiger partial charge in [0.2, 0.25) is 11.8 Å². The minimum atomic E-state index is -0.742. The lowest BCUT2D eigenvalue weighted by Crippen LogP contribution is -2.44. The monoisotopic (exact) mass is 576 g/mol. The van der Waals surface area contributed by atoms with E-state index < -0.39 is 6.04 Å². The number of aryl methyl sites for hydroxylation is 1. The lowest BCUT2D eigenvalue weighted by atomic mass is 10.0. The molecule has 41 heavy (non-hydrogen) atoms. The Balaban J connectivity index is 1.45. The SMILES string of the molecule is COc1ccc(-c2csc(NC(=O)[C@H](CCCCCC(C)=O)NC(=O)Cc3c(C)[nH]c4ccc(OC)cc34)n2)cc1. The van der Waals surface area contributed by atoms with Crippen molar-refractivity contribution >= 4 is 45.0 Å². The number of benzene rings is 2. The predicted molar refractivity (Wildman–Crippen MR) is 162 cm³/mol. The Labute approximate surface area is 243 Å². The van der Waals surface area contributed by atoms with E-state index in [0.29, 0.717) is 30.1 Å². The molecular formula is C31H36N4O5S. The first-order valence-electron chi connectivity index (χ1n) is 13.6. The van der Waals surface area contributed by atoms with Crippen LogP contribution in [0.1, 0.15) is 50.3 Å². The maximum Gasteiger partial charge on any atom is 0.248 e. The Bertz CT molecular complexity index is 1510. The van der Waals surface area contributed by atoms with Crippen LogP contribution in [0.4, 0.5) is 5.13 Å². The quantitative estimate of drug-likeness (QED) is 0.163. The largest absolute Gasteiger partial charge is 0.497 e. The molecule has 4 aromatic rings. The third kappa shape index (κ3) is 7.94. The summed E-state index contributed by atoms with van der Waals surface area (Å²) in [6.07, 6.45) is 3.33. The summed E-state index contributed by atoms with van der Waals surface area (Å²) in [5.41, 5.74) is 4.32. The number of nitrogens with one attached hydrogen (secondary N) is 3. The number of ether oxygens (including phenoxy) is 2. The van der Waals surface area contributed by atoms with Crippen LogP contribution in [0.15, 0.2) is 47.8 Å². The fourth-order valence-electron chi connectivity index (χ4n) is 4.71. The van der Waals surface area contributed by atoms with Crippen LogP contribution in [0.3, 0.4) is 0 Å². The molecule has 0 aliphatic carbocycles. The lowest BCUT2D eigenvalue weighted by molar-refractivity contribution is -0.126. The molecule has 0 aliphatic heterocycles. The van der Waals surface area contributed by atoms with Crippen LogP contribution in [0, 0.1) is 6.92 Å². The van der Waals surface area contributed by atoms with Gasteiger partial charge in [-0.2, -0.15) is 0 Å². The summed E-state index contributed by atoms with van der Waals surface area (Å²) in [6, 6.07) is 12.5. The van der Waals surface area contributed by atoms with Crippen LogP contribution >= 0.6 is 11.3 Å². The Morgan fingerprint density at radius 2 is 1.73 bits per heavy atom. The van der Waals surface area contributed by atoms with Crippen LogP contribution in [0.5, 0.6) is 11.5 Å². The third-order valence-corrected chi connectivity index (χ3v) is 7.72. The van der Waals surface area contributed by atoms with Crippen LogP contribution in [-0.2, 0) is 20.8 Å². The molecule has 3 N–H and O–H groups in total. The molecule has 2 aromatic carbocycles. The number of nitrogens with zero attached hydrogens (tertiary/aromatic N) is 1. The van der Waals surface area contributed by atoms with Crippen LogP contribution in [0.25, 0.3) is 22.2 Å². The molecule has 0 fully saturated rings. The minimum absolute atomic E-state index is 0.117. The first kappa shape index (κ1) is 29.8. The van der Waals surface area contributed by atoms with Gasteiger partial charge >= 0.3 is 0 Å². The summed E-state index contributed by atoms with van der Waals surface area (Å²) < 4.78 is 10.6. The van der Waals surface area contributed by atoms with Gasteiger partial charge in [-0.3, -0.25) is 9.59 Å². The zero-order valence-electron chi connectivity index (χ0n) is 23.8. The molecule has 0 saturated carbocycles. The van der Waals surface area contributed by atoms with Crippen molar-refractivity contribution in [2.45, 2.75) is 58.4 Å². The van der Waals surface area contributed by atoms with E-state index in [1.54, 1.807) is 21.1 Å². The number of carbonyl (C=O) groups excluding carboxylic acids is 3. The van der Waals surface area contributed by atoms with Crippen molar-refractivity contribution in [2.75, 3.05) is 19.5 Å². The van der Waals surface area contributed by atoms with Gasteiger partial charge in [0.25, 0.3) is 0 Å². The van der Waals surface area contributed by atoms with Gasteiger partial charge in [-0.05, 0) is 74.7 Å². The molecule has 0 aliphatic rings. The molecule has 4 rings (SSSR count). The highest BCUT2D eigenvalue weighted by atomic mass is 32.1. The molecule has 0 bridgehead atoms. The molecular weight excluding hydrogens is 540 g/mol. The van der Waals surface area contributed by atoms with Gasteiger partial charge < -0.3 is 29.9 Å². The smallest absolute Gasteiger partial charge is 0.248 e. The number of amides is 2. The van der Waals surface area contributed by atoms with Gasteiger partial charge in [0.05, 0.1) is 26.3 Å². The van der Waals surface area contributed by atoms with Crippen molar-refractivity contribution in [1.82, 2.24) is 15.3 Å². The highest BCUT2D eigenvalue weighted by Gasteiger charge is 2.23. The number of rotatable bonds is 14. The summed E-state index contributed by atoms with van der Waals surface area (Å²) >= 11 is 1.32. The topological polar surface area (TPSA) is 122 Å². The highest BCUT2D eigenvalue weighted by molar-refractivity contribution is 7.14. The van der Waals surface area contributed by atoms with Crippen molar-refractivity contribution in [3.05, 3.63) is 59.1 Å². The van der Waals surface area contributed by atoms with E-state index >= 15 is 0 Å². The highest BCUT2D eigenvalue weighted by Crippen LogP contribution is 2.28. The molecule has 2 aromatic heterocycles. The number of Topliss-reactive ketones (excluding diaryl/α,β-unsaturated/α-hetero) is 1. The molecule has 2 amide bonds. The van der Waals surface area contributed by atoms with E-state index in [4.69, 9.17) is 9.47 Å². The Morgan fingerprint density at radius 3 is 2.44 bits per heavy atom. The first-order valence-corrected chi connectivity index (χ1v) is 14.5. The van der Waals surface area contributed by atoms with Crippen molar-refractivity contribution in [3.63, 3.8) is 0 Å². The van der Waals surface area contributed by atoms with Gasteiger partial charge in [0, 0.05) is 34.0 Å². The van der Waals surface area contributed by atoms with Gasteiger partial charge in [0.15, 0.2) is 5.13 Å². The van der Waals surface area contributed by atoms with E-state index in [9.17, 15) is 14.4 Å². The van der Waals surface area contributed by atoms with Crippen LogP contribution < -0.4 is 20.1 Å². The summed E-state index contributed by atoms with van der Waals surface area (Å²) in [5.74, 6) is 1.03. The van der Waals surface area contributed by atoms with Crippen LogP contribution in [-0.4, -0.2) is 47.8 Å². The number of fused-ring (bicyclic) bond motifs is 1.